The van der Waals surface area contributed by atoms with Crippen LogP contribution in [0.1, 0.15) is 0 Å². The summed E-state index contributed by atoms with van der Waals surface area (Å²) >= 11 is 0. The van der Waals surface area contributed by atoms with Crippen LogP contribution in [0.25, 0.3) is 22.6 Å². The van der Waals surface area contributed by atoms with Gasteiger partial charge >= 0.3 is 0 Å². The van der Waals surface area contributed by atoms with Crippen LogP contribution in [0.3, 0.4) is 0 Å². The summed E-state index contributed by atoms with van der Waals surface area (Å²) in [5.41, 5.74) is 2.24. The molecule has 0 radical (unpaired) electrons. The highest BCUT2D eigenvalue weighted by molar-refractivity contribution is 5.60. The number of ether oxygens (including phenoxy) is 1. The van der Waals surface area contributed by atoms with E-state index in [1.807, 2.05) is 24.3 Å². The van der Waals surface area contributed by atoms with Crippen molar-refractivity contribution >= 4 is 0 Å². The Labute approximate surface area is 121 Å². The maximum absolute atomic E-state index is 12.9. The van der Waals surface area contributed by atoms with Gasteiger partial charge in [-0.2, -0.15) is 0 Å². The van der Waals surface area contributed by atoms with E-state index in [0.717, 1.165) is 16.9 Å². The molecular weight excluding hydrogens is 269 g/mol. The van der Waals surface area contributed by atoms with Gasteiger partial charge in [0, 0.05) is 11.1 Å². The highest BCUT2D eigenvalue weighted by Crippen LogP contribution is 2.20. The van der Waals surface area contributed by atoms with Crippen molar-refractivity contribution in [3.8, 4) is 28.4 Å². The molecular formula is C16H12FN3O. The Kier molecular flexibility index (Phi) is 3.55. The number of methoxy groups -OCH3 is 1. The van der Waals surface area contributed by atoms with E-state index in [4.69, 9.17) is 4.74 Å². The van der Waals surface area contributed by atoms with Crippen molar-refractivity contribution in [2.45, 2.75) is 0 Å². The van der Waals surface area contributed by atoms with Gasteiger partial charge < -0.3 is 4.74 Å². The van der Waals surface area contributed by atoms with Crippen molar-refractivity contribution < 1.29 is 9.13 Å². The third-order valence-electron chi connectivity index (χ3n) is 3.05. The second-order valence-electron chi connectivity index (χ2n) is 4.40. The molecule has 1 heterocycles. The Hall–Kier alpha value is -2.82. The predicted molar refractivity (Wildman–Crippen MR) is 77.2 cm³/mol. The average Bonchev–Trinajstić information content (AvgIpc) is 2.56. The first-order valence-electron chi connectivity index (χ1n) is 6.36. The van der Waals surface area contributed by atoms with E-state index in [-0.39, 0.29) is 5.82 Å². The van der Waals surface area contributed by atoms with E-state index >= 15 is 0 Å². The lowest BCUT2D eigenvalue weighted by molar-refractivity contribution is 0.415. The van der Waals surface area contributed by atoms with Gasteiger partial charge in [0.25, 0.3) is 0 Å². The third kappa shape index (κ3) is 2.86. The van der Waals surface area contributed by atoms with Crippen molar-refractivity contribution in [1.29, 1.82) is 0 Å². The zero-order valence-electron chi connectivity index (χ0n) is 11.3. The zero-order valence-corrected chi connectivity index (χ0v) is 11.3. The number of hydrogen-bond donors (Lipinski definition) is 0. The van der Waals surface area contributed by atoms with E-state index in [1.165, 1.54) is 12.1 Å². The van der Waals surface area contributed by atoms with Crippen LogP contribution < -0.4 is 4.74 Å². The van der Waals surface area contributed by atoms with Crippen molar-refractivity contribution in [2.75, 3.05) is 7.11 Å². The third-order valence-corrected chi connectivity index (χ3v) is 3.05. The molecule has 0 saturated heterocycles. The molecule has 0 saturated carbocycles. The van der Waals surface area contributed by atoms with Crippen LogP contribution in [0.4, 0.5) is 4.39 Å². The van der Waals surface area contributed by atoms with Crippen LogP contribution in [0.2, 0.25) is 0 Å². The second-order valence-corrected chi connectivity index (χ2v) is 4.40. The van der Waals surface area contributed by atoms with Gasteiger partial charge in [-0.05, 0) is 48.5 Å². The van der Waals surface area contributed by atoms with E-state index in [9.17, 15) is 4.39 Å². The van der Waals surface area contributed by atoms with Gasteiger partial charge in [0.2, 0.25) is 0 Å². The molecule has 5 heteroatoms. The Bertz CT molecular complexity index is 725. The molecule has 0 aliphatic heterocycles. The van der Waals surface area contributed by atoms with Crippen molar-refractivity contribution in [1.82, 2.24) is 15.2 Å². The van der Waals surface area contributed by atoms with Crippen LogP contribution in [-0.2, 0) is 0 Å². The van der Waals surface area contributed by atoms with Gasteiger partial charge in [-0.1, -0.05) is 0 Å². The lowest BCUT2D eigenvalue weighted by Gasteiger charge is -2.03. The minimum atomic E-state index is -0.283. The van der Waals surface area contributed by atoms with Crippen LogP contribution in [0, 0.1) is 5.82 Å². The SMILES string of the molecule is COc1ccc(-c2ncc(-c3ccc(F)cc3)nn2)cc1. The van der Waals surface area contributed by atoms with E-state index in [0.29, 0.717) is 11.5 Å². The largest absolute Gasteiger partial charge is 0.497 e. The van der Waals surface area contributed by atoms with Gasteiger partial charge in [0.05, 0.1) is 13.3 Å². The summed E-state index contributed by atoms with van der Waals surface area (Å²) in [6, 6.07) is 13.5. The molecule has 3 aromatic rings. The molecule has 104 valence electrons. The van der Waals surface area contributed by atoms with Gasteiger partial charge in [-0.15, -0.1) is 10.2 Å². The number of halogens is 1. The van der Waals surface area contributed by atoms with E-state index in [2.05, 4.69) is 15.2 Å². The Morgan fingerprint density at radius 3 is 2.10 bits per heavy atom. The van der Waals surface area contributed by atoms with Gasteiger partial charge in [0.1, 0.15) is 17.3 Å². The standard InChI is InChI=1S/C16H12FN3O/c1-21-14-8-4-12(5-9-14)16-18-10-15(19-20-16)11-2-6-13(17)7-3-11/h2-10H,1H3. The van der Waals surface area contributed by atoms with Crippen molar-refractivity contribution in [2.24, 2.45) is 0 Å². The predicted octanol–water partition coefficient (Wildman–Crippen LogP) is 3.35. The van der Waals surface area contributed by atoms with Crippen LogP contribution in [0.5, 0.6) is 5.75 Å². The summed E-state index contributed by atoms with van der Waals surface area (Å²) in [5.74, 6) is 1.02. The molecule has 0 unspecified atom stereocenters. The summed E-state index contributed by atoms with van der Waals surface area (Å²) in [5, 5.41) is 8.24. The highest BCUT2D eigenvalue weighted by atomic mass is 19.1. The number of aromatic nitrogens is 3. The Morgan fingerprint density at radius 1 is 0.857 bits per heavy atom. The summed E-state index contributed by atoms with van der Waals surface area (Å²) < 4.78 is 18.0. The van der Waals surface area contributed by atoms with Crippen LogP contribution in [-0.4, -0.2) is 22.3 Å². The molecule has 0 atom stereocenters. The number of benzene rings is 2. The van der Waals surface area contributed by atoms with Gasteiger partial charge in [-0.3, -0.25) is 0 Å². The van der Waals surface area contributed by atoms with Gasteiger partial charge in [-0.25, -0.2) is 9.37 Å². The molecule has 21 heavy (non-hydrogen) atoms. The van der Waals surface area contributed by atoms with Gasteiger partial charge in [0.15, 0.2) is 5.82 Å². The molecule has 1 aromatic heterocycles. The first-order chi connectivity index (χ1) is 10.3. The van der Waals surface area contributed by atoms with E-state index in [1.54, 1.807) is 25.4 Å². The molecule has 2 aromatic carbocycles. The number of nitrogens with zero attached hydrogens (tertiary/aromatic N) is 3. The normalized spacial score (nSPS) is 10.4. The quantitative estimate of drug-likeness (QED) is 0.738. The van der Waals surface area contributed by atoms with Crippen LogP contribution >= 0.6 is 0 Å². The first kappa shape index (κ1) is 13.2. The van der Waals surface area contributed by atoms with Crippen LogP contribution in [0.15, 0.2) is 54.7 Å². The molecule has 0 spiro atoms. The molecule has 0 bridgehead atoms. The topological polar surface area (TPSA) is 47.9 Å². The molecule has 0 aliphatic carbocycles. The Balaban J connectivity index is 1.87. The molecule has 3 rings (SSSR count). The maximum Gasteiger partial charge on any atom is 0.181 e. The fourth-order valence-corrected chi connectivity index (χ4v) is 1.90. The van der Waals surface area contributed by atoms with Crippen molar-refractivity contribution in [3.05, 3.63) is 60.5 Å². The minimum absolute atomic E-state index is 0.283. The van der Waals surface area contributed by atoms with E-state index < -0.39 is 0 Å². The lowest BCUT2D eigenvalue weighted by Crippen LogP contribution is -1.95. The second kappa shape index (κ2) is 5.66. The molecule has 0 N–H and O–H groups in total. The minimum Gasteiger partial charge on any atom is -0.497 e. The summed E-state index contributed by atoms with van der Waals surface area (Å²) in [7, 11) is 1.62. The monoisotopic (exact) mass is 281 g/mol. The fraction of sp³-hybridized carbons (Fsp3) is 0.0625. The fourth-order valence-electron chi connectivity index (χ4n) is 1.90. The average molecular weight is 281 g/mol. The summed E-state index contributed by atoms with van der Waals surface area (Å²) in [4.78, 5) is 4.30. The number of rotatable bonds is 3. The molecule has 0 amide bonds. The highest BCUT2D eigenvalue weighted by Gasteiger charge is 2.05. The first-order valence-corrected chi connectivity index (χ1v) is 6.36. The molecule has 4 nitrogen and oxygen atoms in total. The Morgan fingerprint density at radius 2 is 1.52 bits per heavy atom. The maximum atomic E-state index is 12.9. The zero-order chi connectivity index (χ0) is 14.7. The summed E-state index contributed by atoms with van der Waals surface area (Å²) in [6.45, 7) is 0. The summed E-state index contributed by atoms with van der Waals surface area (Å²) in [6.07, 6.45) is 1.62. The lowest BCUT2D eigenvalue weighted by atomic mass is 10.1. The van der Waals surface area contributed by atoms with Crippen molar-refractivity contribution in [3.63, 3.8) is 0 Å². The molecule has 0 fully saturated rings. The molecule has 0 aliphatic rings. The smallest absolute Gasteiger partial charge is 0.181 e. The number of hydrogen-bond acceptors (Lipinski definition) is 4.